The second kappa shape index (κ2) is 8.28. The molecule has 0 unspecified atom stereocenters. The summed E-state index contributed by atoms with van der Waals surface area (Å²) >= 11 is 4.93. The molecule has 0 N–H and O–H groups in total. The Kier molecular flexibility index (Phi) is 6.18. The quantitative estimate of drug-likeness (QED) is 0.555. The van der Waals surface area contributed by atoms with E-state index in [-0.39, 0.29) is 4.90 Å². The summed E-state index contributed by atoms with van der Waals surface area (Å²) < 4.78 is 29.5. The molecule has 3 rings (SSSR count). The van der Waals surface area contributed by atoms with E-state index in [1.54, 1.807) is 0 Å². The lowest BCUT2D eigenvalue weighted by atomic mass is 10.2. The molecule has 0 fully saturated rings. The summed E-state index contributed by atoms with van der Waals surface area (Å²) in [4.78, 5) is 17.7. The van der Waals surface area contributed by atoms with Gasteiger partial charge >= 0.3 is 0 Å². The number of carbonyl (C=O) groups is 1. The Bertz CT molecular complexity index is 1190. The maximum absolute atomic E-state index is 12.7. The van der Waals surface area contributed by atoms with Crippen LogP contribution < -0.4 is 4.80 Å². The second-order valence-corrected chi connectivity index (χ2v) is 10.5. The van der Waals surface area contributed by atoms with Gasteiger partial charge in [-0.05, 0) is 48.9 Å². The van der Waals surface area contributed by atoms with Gasteiger partial charge in [-0.2, -0.15) is 4.99 Å². The van der Waals surface area contributed by atoms with Crippen LogP contribution in [0.1, 0.15) is 23.7 Å². The third-order valence-electron chi connectivity index (χ3n) is 4.17. The van der Waals surface area contributed by atoms with Gasteiger partial charge in [0.05, 0.1) is 15.1 Å². The second-order valence-electron chi connectivity index (χ2n) is 6.38. The Balaban J connectivity index is 2.02. The van der Waals surface area contributed by atoms with Crippen molar-refractivity contribution in [2.75, 3.05) is 14.1 Å². The molecule has 0 atom stereocenters. The summed E-state index contributed by atoms with van der Waals surface area (Å²) in [6, 6.07) is 11.8. The fraction of sp³-hybridized carbons (Fsp3) is 0.263. The van der Waals surface area contributed by atoms with E-state index in [4.69, 9.17) is 0 Å². The molecule has 3 aromatic rings. The zero-order valence-electron chi connectivity index (χ0n) is 15.7. The molecule has 0 saturated heterocycles. The number of nitrogens with zero attached hydrogens (tertiary/aromatic N) is 3. The van der Waals surface area contributed by atoms with Crippen LogP contribution in [0.4, 0.5) is 0 Å². The van der Waals surface area contributed by atoms with Gasteiger partial charge in [-0.3, -0.25) is 4.79 Å². The van der Waals surface area contributed by atoms with Gasteiger partial charge in [0.2, 0.25) is 10.0 Å². The summed E-state index contributed by atoms with van der Waals surface area (Å²) in [5.74, 6) is -0.399. The van der Waals surface area contributed by atoms with E-state index in [0.29, 0.717) is 10.4 Å². The molecule has 9 heteroatoms. The normalized spacial score (nSPS) is 12.8. The molecule has 0 aliphatic carbocycles. The fourth-order valence-corrected chi connectivity index (χ4v) is 5.21. The molecule has 0 aliphatic heterocycles. The Labute approximate surface area is 176 Å². The van der Waals surface area contributed by atoms with Crippen LogP contribution in [0.15, 0.2) is 56.8 Å². The largest absolute Gasteiger partial charge is 0.316 e. The maximum Gasteiger partial charge on any atom is 0.279 e. The van der Waals surface area contributed by atoms with Gasteiger partial charge in [-0.15, -0.1) is 0 Å². The van der Waals surface area contributed by atoms with Gasteiger partial charge in [0.15, 0.2) is 4.80 Å². The third-order valence-corrected chi connectivity index (χ3v) is 7.53. The Morgan fingerprint density at radius 1 is 1.18 bits per heavy atom. The molecule has 0 aliphatic rings. The molecule has 148 valence electrons. The number of fused-ring (bicyclic) bond motifs is 1. The summed E-state index contributed by atoms with van der Waals surface area (Å²) in [5.41, 5.74) is 1.38. The monoisotopic (exact) mass is 481 g/mol. The number of thiazole rings is 1. The van der Waals surface area contributed by atoms with Gasteiger partial charge in [-0.1, -0.05) is 34.2 Å². The predicted octanol–water partition coefficient (Wildman–Crippen LogP) is 3.87. The van der Waals surface area contributed by atoms with Crippen LogP contribution >= 0.6 is 27.3 Å². The van der Waals surface area contributed by atoms with E-state index in [1.165, 1.54) is 49.7 Å². The lowest BCUT2D eigenvalue weighted by Crippen LogP contribution is -2.22. The van der Waals surface area contributed by atoms with E-state index in [1.807, 2.05) is 22.8 Å². The van der Waals surface area contributed by atoms with Crippen molar-refractivity contribution >= 4 is 53.4 Å². The van der Waals surface area contributed by atoms with E-state index < -0.39 is 15.9 Å². The Hall–Kier alpha value is -1.81. The molecule has 28 heavy (non-hydrogen) atoms. The summed E-state index contributed by atoms with van der Waals surface area (Å²) in [6.45, 7) is 2.83. The molecular weight excluding hydrogens is 462 g/mol. The highest BCUT2D eigenvalue weighted by molar-refractivity contribution is 9.10. The minimum absolute atomic E-state index is 0.141. The molecule has 6 nitrogen and oxygen atoms in total. The van der Waals surface area contributed by atoms with Crippen molar-refractivity contribution in [3.63, 3.8) is 0 Å². The van der Waals surface area contributed by atoms with E-state index >= 15 is 0 Å². The van der Waals surface area contributed by atoms with Gasteiger partial charge in [-0.25, -0.2) is 12.7 Å². The first-order chi connectivity index (χ1) is 13.2. The number of amides is 1. The van der Waals surface area contributed by atoms with Crippen molar-refractivity contribution in [1.82, 2.24) is 8.87 Å². The van der Waals surface area contributed by atoms with Crippen LogP contribution in [0, 0.1) is 0 Å². The number of aromatic nitrogens is 1. The molecule has 1 amide bonds. The van der Waals surface area contributed by atoms with Gasteiger partial charge < -0.3 is 4.57 Å². The predicted molar refractivity (Wildman–Crippen MR) is 115 cm³/mol. The number of sulfonamides is 1. The number of halogens is 1. The lowest BCUT2D eigenvalue weighted by Gasteiger charge is -2.11. The minimum atomic E-state index is -3.53. The van der Waals surface area contributed by atoms with Gasteiger partial charge in [0.25, 0.3) is 5.91 Å². The molecule has 0 spiro atoms. The number of benzene rings is 2. The van der Waals surface area contributed by atoms with E-state index in [9.17, 15) is 13.2 Å². The molecular formula is C19H20BrN3O3S2. The van der Waals surface area contributed by atoms with Gasteiger partial charge in [0.1, 0.15) is 0 Å². The molecule has 0 radical (unpaired) electrons. The summed E-state index contributed by atoms with van der Waals surface area (Å²) in [7, 11) is -0.592. The highest BCUT2D eigenvalue weighted by Crippen LogP contribution is 2.22. The summed E-state index contributed by atoms with van der Waals surface area (Å²) in [6.07, 6.45) is 0.917. The van der Waals surface area contributed by atoms with Gasteiger partial charge in [0, 0.05) is 30.7 Å². The van der Waals surface area contributed by atoms with Crippen LogP contribution in [0.25, 0.3) is 10.2 Å². The van der Waals surface area contributed by atoms with E-state index in [2.05, 4.69) is 27.8 Å². The average molecular weight is 482 g/mol. The van der Waals surface area contributed by atoms with Crippen molar-refractivity contribution in [1.29, 1.82) is 0 Å². The van der Waals surface area contributed by atoms with Crippen LogP contribution in [0.5, 0.6) is 0 Å². The first-order valence-corrected chi connectivity index (χ1v) is 11.7. The van der Waals surface area contributed by atoms with E-state index in [0.717, 1.165) is 32.0 Å². The van der Waals surface area contributed by atoms with Crippen LogP contribution in [-0.2, 0) is 16.6 Å². The number of rotatable bonds is 5. The fourth-order valence-electron chi connectivity index (χ4n) is 2.70. The SMILES string of the molecule is CCCn1c(=NC(=O)c2ccc(S(=O)(=O)N(C)C)cc2)sc2cc(Br)ccc21. The molecule has 1 aromatic heterocycles. The van der Waals surface area contributed by atoms with Crippen molar-refractivity contribution in [2.24, 2.45) is 4.99 Å². The van der Waals surface area contributed by atoms with Crippen molar-refractivity contribution in [3.8, 4) is 0 Å². The summed E-state index contributed by atoms with van der Waals surface area (Å²) in [5, 5.41) is 0. The molecule has 0 saturated carbocycles. The zero-order chi connectivity index (χ0) is 20.5. The highest BCUT2D eigenvalue weighted by Gasteiger charge is 2.17. The first kappa shape index (κ1) is 20.9. The number of aryl methyl sites for hydroxylation is 1. The van der Waals surface area contributed by atoms with Crippen molar-refractivity contribution < 1.29 is 13.2 Å². The number of hydrogen-bond donors (Lipinski definition) is 0. The zero-order valence-corrected chi connectivity index (χ0v) is 18.9. The highest BCUT2D eigenvalue weighted by atomic mass is 79.9. The van der Waals surface area contributed by atoms with Crippen LogP contribution in [-0.4, -0.2) is 37.3 Å². The smallest absolute Gasteiger partial charge is 0.279 e. The third kappa shape index (κ3) is 4.12. The molecule has 2 aromatic carbocycles. The van der Waals surface area contributed by atoms with Crippen molar-refractivity contribution in [3.05, 3.63) is 57.3 Å². The lowest BCUT2D eigenvalue weighted by molar-refractivity contribution is 0.0997. The Morgan fingerprint density at radius 2 is 1.86 bits per heavy atom. The topological polar surface area (TPSA) is 71.7 Å². The average Bonchev–Trinajstić information content (AvgIpc) is 2.98. The van der Waals surface area contributed by atoms with Crippen molar-refractivity contribution in [2.45, 2.75) is 24.8 Å². The van der Waals surface area contributed by atoms with Crippen LogP contribution in [0.2, 0.25) is 0 Å². The first-order valence-electron chi connectivity index (χ1n) is 8.64. The van der Waals surface area contributed by atoms with Crippen LogP contribution in [0.3, 0.4) is 0 Å². The maximum atomic E-state index is 12.7. The molecule has 1 heterocycles. The Morgan fingerprint density at radius 3 is 2.46 bits per heavy atom. The number of carbonyl (C=O) groups excluding carboxylic acids is 1. The standard InChI is InChI=1S/C19H20BrN3O3S2/c1-4-11-23-16-10-7-14(20)12-17(16)27-19(23)21-18(24)13-5-8-15(9-6-13)28(25,26)22(2)3/h5-10,12H,4,11H2,1-3H3. The number of hydrogen-bond acceptors (Lipinski definition) is 4. The molecule has 0 bridgehead atoms. The minimum Gasteiger partial charge on any atom is -0.316 e.